The van der Waals surface area contributed by atoms with Crippen LogP contribution < -0.4 is 0 Å². The second-order valence-corrected chi connectivity index (χ2v) is 6.25. The molecule has 2 fully saturated rings. The van der Waals surface area contributed by atoms with Gasteiger partial charge in [-0.1, -0.05) is 19.1 Å². The molecule has 0 radical (unpaired) electrons. The molecule has 1 aromatic rings. The number of ether oxygens (including phenoxy) is 1. The lowest BCUT2D eigenvalue weighted by Crippen LogP contribution is -2.44. The Bertz CT molecular complexity index is 491. The molecule has 0 saturated carbocycles. The number of carbonyl (C=O) groups is 1. The Morgan fingerprint density at radius 3 is 2.43 bits per heavy atom. The molecule has 2 aliphatic heterocycles. The Labute approximate surface area is 125 Å². The smallest absolute Gasteiger partial charge is 0.251 e. The second kappa shape index (κ2) is 6.06. The number of piperidine rings is 1. The van der Waals surface area contributed by atoms with E-state index in [-0.39, 0.29) is 12.0 Å². The zero-order chi connectivity index (χ0) is 14.8. The van der Waals surface area contributed by atoms with Gasteiger partial charge in [0.25, 0.3) is 5.91 Å². The third-order valence-electron chi connectivity index (χ3n) is 4.80. The number of rotatable bonds is 2. The van der Waals surface area contributed by atoms with Crippen LogP contribution in [0, 0.1) is 5.92 Å². The fraction of sp³-hybridized carbons (Fsp3) is 0.588. The van der Waals surface area contributed by atoms with Crippen LogP contribution in [0.1, 0.15) is 37.7 Å². The molecule has 2 saturated heterocycles. The summed E-state index contributed by atoms with van der Waals surface area (Å²) in [7, 11) is 0. The predicted octanol–water partition coefficient (Wildman–Crippen LogP) is 2.52. The minimum atomic E-state index is -0.227. The first-order valence-corrected chi connectivity index (χ1v) is 7.84. The third-order valence-corrected chi connectivity index (χ3v) is 4.80. The van der Waals surface area contributed by atoms with Crippen molar-refractivity contribution in [3.05, 3.63) is 29.8 Å². The Kier molecular flexibility index (Phi) is 4.15. The maximum atomic E-state index is 12.5. The summed E-state index contributed by atoms with van der Waals surface area (Å²) in [5, 5.41) is 9.35. The zero-order valence-electron chi connectivity index (χ0n) is 12.5. The van der Waals surface area contributed by atoms with E-state index in [9.17, 15) is 9.90 Å². The number of hydrogen-bond acceptors (Lipinski definition) is 3. The quantitative estimate of drug-likeness (QED) is 0.910. The molecule has 2 aliphatic rings. The molecule has 21 heavy (non-hydrogen) atoms. The van der Waals surface area contributed by atoms with Crippen molar-refractivity contribution in [2.45, 2.75) is 38.2 Å². The van der Waals surface area contributed by atoms with E-state index in [1.807, 2.05) is 17.0 Å². The molecule has 0 aromatic heterocycles. The van der Waals surface area contributed by atoms with Crippen molar-refractivity contribution in [3.63, 3.8) is 0 Å². The normalized spacial score (nSPS) is 27.0. The first-order valence-electron chi connectivity index (χ1n) is 7.84. The number of hydrogen-bond donors (Lipinski definition) is 1. The van der Waals surface area contributed by atoms with Crippen LogP contribution in [0.15, 0.2) is 24.3 Å². The summed E-state index contributed by atoms with van der Waals surface area (Å²) >= 11 is 0. The predicted molar refractivity (Wildman–Crippen MR) is 80.2 cm³/mol. The highest BCUT2D eigenvalue weighted by Gasteiger charge is 2.35. The lowest BCUT2D eigenvalue weighted by Gasteiger charge is -2.34. The summed E-state index contributed by atoms with van der Waals surface area (Å²) in [6, 6.07) is 7.45. The van der Waals surface area contributed by atoms with E-state index in [1.165, 1.54) is 5.56 Å². The van der Waals surface area contributed by atoms with Gasteiger partial charge in [-0.05, 0) is 48.8 Å². The van der Waals surface area contributed by atoms with Crippen LogP contribution in [0.3, 0.4) is 0 Å². The van der Waals surface area contributed by atoms with Crippen LogP contribution in [0.5, 0.6) is 5.75 Å². The van der Waals surface area contributed by atoms with Gasteiger partial charge in [0.1, 0.15) is 11.9 Å². The van der Waals surface area contributed by atoms with Crippen LogP contribution in [0.4, 0.5) is 0 Å². The summed E-state index contributed by atoms with van der Waals surface area (Å²) in [5.41, 5.74) is 1.25. The number of phenolic OH excluding ortho intramolecular Hbond substituents is 1. The first kappa shape index (κ1) is 14.4. The number of amides is 1. The molecule has 1 aromatic carbocycles. The fourth-order valence-corrected chi connectivity index (χ4v) is 3.37. The number of carbonyl (C=O) groups excluding carboxylic acids is 1. The number of benzene rings is 1. The average Bonchev–Trinajstić information content (AvgIpc) is 2.94. The van der Waals surface area contributed by atoms with Crippen LogP contribution >= 0.6 is 0 Å². The lowest BCUT2D eigenvalue weighted by molar-refractivity contribution is -0.143. The van der Waals surface area contributed by atoms with Crippen molar-refractivity contribution in [2.24, 2.45) is 5.92 Å². The SMILES string of the molecule is CC1CCOC1C(=O)N1CCC(c2ccc(O)cc2)CC1. The van der Waals surface area contributed by atoms with Gasteiger partial charge in [0.2, 0.25) is 0 Å². The highest BCUT2D eigenvalue weighted by molar-refractivity contribution is 5.81. The van der Waals surface area contributed by atoms with Crippen LogP contribution in [0.25, 0.3) is 0 Å². The molecule has 4 heteroatoms. The highest BCUT2D eigenvalue weighted by atomic mass is 16.5. The Morgan fingerprint density at radius 2 is 1.86 bits per heavy atom. The van der Waals surface area contributed by atoms with E-state index in [4.69, 9.17) is 4.74 Å². The van der Waals surface area contributed by atoms with Gasteiger partial charge < -0.3 is 14.7 Å². The zero-order valence-corrected chi connectivity index (χ0v) is 12.5. The van der Waals surface area contributed by atoms with E-state index in [2.05, 4.69) is 6.92 Å². The molecule has 2 atom stereocenters. The van der Waals surface area contributed by atoms with Crippen LogP contribution in [-0.4, -0.2) is 41.7 Å². The van der Waals surface area contributed by atoms with Gasteiger partial charge in [0.15, 0.2) is 0 Å². The highest BCUT2D eigenvalue weighted by Crippen LogP contribution is 2.30. The van der Waals surface area contributed by atoms with Crippen molar-refractivity contribution in [3.8, 4) is 5.75 Å². The Morgan fingerprint density at radius 1 is 1.19 bits per heavy atom. The molecule has 2 unspecified atom stereocenters. The molecule has 0 spiro atoms. The summed E-state index contributed by atoms with van der Waals surface area (Å²) in [4.78, 5) is 14.4. The summed E-state index contributed by atoms with van der Waals surface area (Å²) < 4.78 is 5.59. The lowest BCUT2D eigenvalue weighted by atomic mass is 9.89. The van der Waals surface area contributed by atoms with Crippen molar-refractivity contribution in [1.29, 1.82) is 0 Å². The van der Waals surface area contributed by atoms with Crippen molar-refractivity contribution in [2.75, 3.05) is 19.7 Å². The van der Waals surface area contributed by atoms with Crippen molar-refractivity contribution >= 4 is 5.91 Å². The van der Waals surface area contributed by atoms with Crippen molar-refractivity contribution < 1.29 is 14.6 Å². The number of phenols is 1. The molecule has 0 bridgehead atoms. The molecular weight excluding hydrogens is 266 g/mol. The van der Waals surface area contributed by atoms with E-state index in [1.54, 1.807) is 12.1 Å². The van der Waals surface area contributed by atoms with E-state index >= 15 is 0 Å². The Balaban J connectivity index is 1.57. The minimum absolute atomic E-state index is 0.171. The van der Waals surface area contributed by atoms with Gasteiger partial charge in [-0.25, -0.2) is 0 Å². The van der Waals surface area contributed by atoms with Gasteiger partial charge in [0.05, 0.1) is 0 Å². The van der Waals surface area contributed by atoms with Crippen molar-refractivity contribution in [1.82, 2.24) is 4.90 Å². The maximum absolute atomic E-state index is 12.5. The van der Waals surface area contributed by atoms with Gasteiger partial charge in [-0.15, -0.1) is 0 Å². The maximum Gasteiger partial charge on any atom is 0.251 e. The van der Waals surface area contributed by atoms with E-state index in [0.717, 1.165) is 32.4 Å². The summed E-state index contributed by atoms with van der Waals surface area (Å²) in [5.74, 6) is 1.30. The molecule has 1 N–H and O–H groups in total. The van der Waals surface area contributed by atoms with E-state index < -0.39 is 0 Å². The molecule has 3 rings (SSSR count). The van der Waals surface area contributed by atoms with Crippen LogP contribution in [-0.2, 0) is 9.53 Å². The molecule has 2 heterocycles. The number of aromatic hydroxyl groups is 1. The Hall–Kier alpha value is -1.55. The van der Waals surface area contributed by atoms with Gasteiger partial charge >= 0.3 is 0 Å². The number of nitrogens with zero attached hydrogens (tertiary/aromatic N) is 1. The molecular formula is C17H23NO3. The topological polar surface area (TPSA) is 49.8 Å². The monoisotopic (exact) mass is 289 g/mol. The second-order valence-electron chi connectivity index (χ2n) is 6.25. The van der Waals surface area contributed by atoms with Gasteiger partial charge in [-0.2, -0.15) is 0 Å². The first-order chi connectivity index (χ1) is 10.1. The van der Waals surface area contributed by atoms with Gasteiger partial charge in [-0.3, -0.25) is 4.79 Å². The minimum Gasteiger partial charge on any atom is -0.508 e. The summed E-state index contributed by atoms with van der Waals surface area (Å²) in [6.07, 6.45) is 2.73. The standard InChI is InChI=1S/C17H23NO3/c1-12-8-11-21-16(12)17(20)18-9-6-14(7-10-18)13-2-4-15(19)5-3-13/h2-5,12,14,16,19H,6-11H2,1H3. The summed E-state index contributed by atoms with van der Waals surface area (Å²) in [6.45, 7) is 4.41. The molecule has 114 valence electrons. The average molecular weight is 289 g/mol. The molecule has 1 amide bonds. The van der Waals surface area contributed by atoms with Crippen LogP contribution in [0.2, 0.25) is 0 Å². The number of likely N-dealkylation sites (tertiary alicyclic amines) is 1. The van der Waals surface area contributed by atoms with E-state index in [0.29, 0.717) is 24.2 Å². The fourth-order valence-electron chi connectivity index (χ4n) is 3.37. The third kappa shape index (κ3) is 3.05. The molecule has 4 nitrogen and oxygen atoms in total. The molecule has 0 aliphatic carbocycles. The van der Waals surface area contributed by atoms with Gasteiger partial charge in [0, 0.05) is 19.7 Å². The largest absolute Gasteiger partial charge is 0.508 e.